The molecule has 0 aromatic heterocycles. The van der Waals surface area contributed by atoms with Gasteiger partial charge in [0.1, 0.15) is 0 Å². The third kappa shape index (κ3) is 3.92. The summed E-state index contributed by atoms with van der Waals surface area (Å²) in [5.41, 5.74) is -0.137. The van der Waals surface area contributed by atoms with E-state index in [4.69, 9.17) is 0 Å². The predicted octanol–water partition coefficient (Wildman–Crippen LogP) is 2.96. The molecule has 0 aliphatic rings. The van der Waals surface area contributed by atoms with Gasteiger partial charge in [0, 0.05) is 0 Å². The highest BCUT2D eigenvalue weighted by molar-refractivity contribution is 7.91. The third-order valence-electron chi connectivity index (χ3n) is 3.07. The Morgan fingerprint density at radius 1 is 0.821 bits per heavy atom. The third-order valence-corrected chi connectivity index (χ3v) is 5.71. The van der Waals surface area contributed by atoms with Crippen molar-refractivity contribution in [2.75, 3.05) is 0 Å². The van der Waals surface area contributed by atoms with Gasteiger partial charge >= 0.3 is 43.4 Å². The summed E-state index contributed by atoms with van der Waals surface area (Å²) < 4.78 is 164. The quantitative estimate of drug-likeness (QED) is 0.490. The van der Waals surface area contributed by atoms with Gasteiger partial charge in [-0.2, -0.15) is 52.2 Å². The van der Waals surface area contributed by atoms with Crippen LogP contribution in [0.25, 0.3) is 0 Å². The second-order valence-corrected chi connectivity index (χ2v) is 8.25. The van der Waals surface area contributed by atoms with E-state index in [-0.39, 0.29) is 10.4 Å². The summed E-state index contributed by atoms with van der Waals surface area (Å²) in [6.07, 6.45) is -7.26. The molecule has 0 aliphatic carbocycles. The number of aryl methyl sites for hydroxylation is 1. The van der Waals surface area contributed by atoms with Crippen LogP contribution < -0.4 is 4.89 Å². The van der Waals surface area contributed by atoms with E-state index in [1.165, 1.54) is 6.07 Å². The monoisotopic (exact) mass is 469 g/mol. The molecule has 28 heavy (non-hydrogen) atoms. The van der Waals surface area contributed by atoms with Crippen LogP contribution in [-0.2, 0) is 24.4 Å². The maximum absolute atomic E-state index is 13.4. The Bertz CT molecular complexity index is 941. The molecule has 1 aromatic rings. The maximum atomic E-state index is 13.4. The topological polar surface area (TPSA) is 89.5 Å². The first kappa shape index (κ1) is 24.4. The van der Waals surface area contributed by atoms with Crippen molar-refractivity contribution >= 4 is 20.1 Å². The normalized spacial score (nSPS) is 14.9. The highest BCUT2D eigenvalue weighted by Crippen LogP contribution is 2.54. The van der Waals surface area contributed by atoms with Crippen LogP contribution in [0.1, 0.15) is 5.56 Å². The smallest absolute Gasteiger partial charge is 0.204 e. The molecule has 17 heteroatoms. The van der Waals surface area contributed by atoms with Gasteiger partial charge in [0.15, 0.2) is 0 Å². The van der Waals surface area contributed by atoms with Gasteiger partial charge in [-0.15, -0.1) is 0 Å². The van der Waals surface area contributed by atoms with Crippen molar-refractivity contribution in [3.63, 3.8) is 0 Å². The van der Waals surface area contributed by atoms with Crippen molar-refractivity contribution in [1.82, 2.24) is 4.89 Å². The highest BCUT2D eigenvalue weighted by atomic mass is 32.2. The van der Waals surface area contributed by atoms with Crippen molar-refractivity contribution in [3.05, 3.63) is 29.8 Å². The number of nitrogens with one attached hydrogen (secondary N) is 1. The molecule has 1 aromatic carbocycles. The molecule has 0 amide bonds. The van der Waals surface area contributed by atoms with Crippen LogP contribution in [0.3, 0.4) is 0 Å². The van der Waals surface area contributed by atoms with Crippen LogP contribution in [-0.4, -0.2) is 40.1 Å². The van der Waals surface area contributed by atoms with E-state index in [2.05, 4.69) is 4.28 Å². The lowest BCUT2D eigenvalue weighted by atomic mass is 10.1. The van der Waals surface area contributed by atoms with Crippen molar-refractivity contribution < 1.29 is 60.6 Å². The zero-order chi connectivity index (χ0) is 22.4. The molecule has 0 unspecified atom stereocenters. The number of hydrogen-bond donors (Lipinski definition) is 1. The molecule has 1 rings (SSSR count). The average molecular weight is 469 g/mol. The Balaban J connectivity index is 3.27. The Kier molecular flexibility index (Phi) is 6.14. The number of benzene rings is 1. The molecule has 1 N–H and O–H groups in total. The highest BCUT2D eigenvalue weighted by Gasteiger charge is 2.85. The van der Waals surface area contributed by atoms with Crippen molar-refractivity contribution in [2.45, 2.75) is 35.1 Å². The Morgan fingerprint density at radius 2 is 1.29 bits per heavy atom. The van der Waals surface area contributed by atoms with Crippen LogP contribution in [0.15, 0.2) is 29.2 Å². The van der Waals surface area contributed by atoms with Gasteiger partial charge in [0.25, 0.3) is 0 Å². The molecule has 0 atom stereocenters. The second kappa shape index (κ2) is 7.03. The van der Waals surface area contributed by atoms with Crippen LogP contribution >= 0.6 is 0 Å². The average Bonchev–Trinajstić information content (AvgIpc) is 2.51. The summed E-state index contributed by atoms with van der Waals surface area (Å²) in [6, 6.07) is 4.23. The van der Waals surface area contributed by atoms with Gasteiger partial charge < -0.3 is 0 Å². The van der Waals surface area contributed by atoms with E-state index in [9.17, 15) is 56.3 Å². The predicted molar refractivity (Wildman–Crippen MR) is 72.4 cm³/mol. The van der Waals surface area contributed by atoms with E-state index < -0.39 is 48.3 Å². The second-order valence-electron chi connectivity index (χ2n) is 5.05. The van der Waals surface area contributed by atoms with E-state index in [0.29, 0.717) is 0 Å². The fourth-order valence-electron chi connectivity index (χ4n) is 1.55. The summed E-state index contributed by atoms with van der Waals surface area (Å²) in [5, 5.41) is -7.14. The van der Waals surface area contributed by atoms with Crippen LogP contribution in [0.5, 0.6) is 0 Å². The summed E-state index contributed by atoms with van der Waals surface area (Å²) in [7, 11) is -12.5. The molecule has 0 bridgehead atoms. The summed E-state index contributed by atoms with van der Waals surface area (Å²) in [4.78, 5) is -0.891. The first-order valence-electron chi connectivity index (χ1n) is 6.43. The molecule has 0 saturated carbocycles. The SMILES string of the molecule is Cc1ccccc1S(=O)(=O)ONS(=O)(=O)C(F)(F)C(F)(F)C(F)(F)C(F)(F)F. The number of rotatable bonds is 7. The Hall–Kier alpha value is -1.59. The van der Waals surface area contributed by atoms with Gasteiger partial charge in [0.05, 0.1) is 4.90 Å². The number of sulfonamides is 1. The van der Waals surface area contributed by atoms with E-state index in [0.717, 1.165) is 25.1 Å². The zero-order valence-corrected chi connectivity index (χ0v) is 14.7. The minimum atomic E-state index is -7.53. The fraction of sp³-hybridized carbons (Fsp3) is 0.455. The van der Waals surface area contributed by atoms with Gasteiger partial charge in [-0.05, 0) is 18.6 Å². The van der Waals surface area contributed by atoms with Crippen LogP contribution in [0.4, 0.5) is 39.5 Å². The first-order valence-corrected chi connectivity index (χ1v) is 9.32. The summed E-state index contributed by atoms with van der Waals surface area (Å²) >= 11 is 0. The maximum Gasteiger partial charge on any atom is 0.460 e. The number of alkyl halides is 9. The Labute approximate surface area is 151 Å². The molecule has 0 spiro atoms. The van der Waals surface area contributed by atoms with Crippen LogP contribution in [0, 0.1) is 6.92 Å². The van der Waals surface area contributed by atoms with Gasteiger partial charge in [-0.25, -0.2) is 8.42 Å². The number of hydrogen-bond acceptors (Lipinski definition) is 5. The summed E-state index contributed by atoms with van der Waals surface area (Å²) in [5.74, 6) is -15.0. The molecule has 0 fully saturated rings. The van der Waals surface area contributed by atoms with Crippen molar-refractivity contribution in [1.29, 1.82) is 0 Å². The van der Waals surface area contributed by atoms with Gasteiger partial charge in [-0.3, -0.25) is 0 Å². The molecule has 0 saturated heterocycles. The fourth-order valence-corrected chi connectivity index (χ4v) is 3.64. The van der Waals surface area contributed by atoms with E-state index >= 15 is 0 Å². The van der Waals surface area contributed by atoms with Crippen LogP contribution in [0.2, 0.25) is 0 Å². The lowest BCUT2D eigenvalue weighted by Crippen LogP contribution is -2.64. The molecular weight excluding hydrogens is 461 g/mol. The molecule has 0 heterocycles. The van der Waals surface area contributed by atoms with E-state index in [1.807, 2.05) is 0 Å². The minimum Gasteiger partial charge on any atom is -0.204 e. The van der Waals surface area contributed by atoms with Gasteiger partial charge in [-0.1, -0.05) is 23.1 Å². The lowest BCUT2D eigenvalue weighted by Gasteiger charge is -2.32. The van der Waals surface area contributed by atoms with Gasteiger partial charge in [0.2, 0.25) is 0 Å². The first-order chi connectivity index (χ1) is 12.2. The molecular formula is C11H8F9NO5S2. The largest absolute Gasteiger partial charge is 0.460 e. The summed E-state index contributed by atoms with van der Waals surface area (Å²) in [6.45, 7) is 1.12. The van der Waals surface area contributed by atoms with Crippen molar-refractivity contribution in [3.8, 4) is 0 Å². The molecule has 0 radical (unpaired) electrons. The standard InChI is InChI=1S/C11H8F9NO5S2/c1-6-4-2-3-5-7(6)27(22,23)26-21-28(24,25)11(19,20)9(14,15)8(12,13)10(16,17)18/h2-5,21H,1H3. The molecule has 6 nitrogen and oxygen atoms in total. The number of halogens is 9. The Morgan fingerprint density at radius 3 is 1.71 bits per heavy atom. The minimum absolute atomic E-state index is 0.0515. The van der Waals surface area contributed by atoms with Crippen molar-refractivity contribution in [2.24, 2.45) is 0 Å². The molecule has 162 valence electrons. The lowest BCUT2D eigenvalue weighted by molar-refractivity contribution is -0.382. The molecule has 0 aliphatic heterocycles. The van der Waals surface area contributed by atoms with E-state index in [1.54, 1.807) is 0 Å². The zero-order valence-electron chi connectivity index (χ0n) is 13.1.